The zero-order valence-corrected chi connectivity index (χ0v) is 17.2. The van der Waals surface area contributed by atoms with Gasteiger partial charge in [0, 0.05) is 44.6 Å². The van der Waals surface area contributed by atoms with Crippen LogP contribution in [-0.4, -0.2) is 53.0 Å². The maximum atomic E-state index is 12.9. The lowest BCUT2D eigenvalue weighted by Gasteiger charge is -2.34. The molecule has 166 valence electrons. The van der Waals surface area contributed by atoms with E-state index < -0.39 is 11.7 Å². The van der Waals surface area contributed by atoms with Crippen LogP contribution in [0.2, 0.25) is 0 Å². The smallest absolute Gasteiger partial charge is 0.367 e. The first-order valence-corrected chi connectivity index (χ1v) is 10.7. The van der Waals surface area contributed by atoms with Crippen molar-refractivity contribution >= 4 is 17.5 Å². The Bertz CT molecular complexity index is 889. The average Bonchev–Trinajstić information content (AvgIpc) is 2.80. The van der Waals surface area contributed by atoms with E-state index in [9.17, 15) is 18.0 Å². The molecule has 2 aromatic heterocycles. The van der Waals surface area contributed by atoms with Crippen molar-refractivity contribution in [3.63, 3.8) is 0 Å². The summed E-state index contributed by atoms with van der Waals surface area (Å²) >= 11 is 0. The van der Waals surface area contributed by atoms with Crippen molar-refractivity contribution in [2.45, 2.75) is 44.3 Å². The SMILES string of the molecule is O=C(c1cccnc1NC1CCN(c2ccc(C(F)(F)F)cn2)CC1)N1CCCCC1. The average molecular weight is 433 g/mol. The van der Waals surface area contributed by atoms with Gasteiger partial charge in [0.05, 0.1) is 11.1 Å². The van der Waals surface area contributed by atoms with Gasteiger partial charge in [0.15, 0.2) is 0 Å². The van der Waals surface area contributed by atoms with Crippen LogP contribution in [0.4, 0.5) is 24.8 Å². The van der Waals surface area contributed by atoms with Gasteiger partial charge < -0.3 is 15.1 Å². The van der Waals surface area contributed by atoms with Crippen molar-refractivity contribution in [2.24, 2.45) is 0 Å². The number of rotatable bonds is 4. The van der Waals surface area contributed by atoms with Gasteiger partial charge in [-0.3, -0.25) is 4.79 Å². The Morgan fingerprint density at radius 1 is 1.00 bits per heavy atom. The lowest BCUT2D eigenvalue weighted by atomic mass is 10.0. The maximum Gasteiger partial charge on any atom is 0.417 e. The quantitative estimate of drug-likeness (QED) is 0.783. The molecule has 0 radical (unpaired) electrons. The van der Waals surface area contributed by atoms with Gasteiger partial charge in [-0.1, -0.05) is 0 Å². The largest absolute Gasteiger partial charge is 0.417 e. The minimum absolute atomic E-state index is 0.0155. The van der Waals surface area contributed by atoms with Gasteiger partial charge >= 0.3 is 6.18 Å². The molecule has 0 aliphatic carbocycles. The summed E-state index contributed by atoms with van der Waals surface area (Å²) in [6.07, 6.45) is 2.95. The topological polar surface area (TPSA) is 61.4 Å². The molecule has 4 heterocycles. The van der Waals surface area contributed by atoms with Gasteiger partial charge in [-0.15, -0.1) is 0 Å². The third kappa shape index (κ3) is 5.08. The van der Waals surface area contributed by atoms with E-state index >= 15 is 0 Å². The summed E-state index contributed by atoms with van der Waals surface area (Å²) in [7, 11) is 0. The summed E-state index contributed by atoms with van der Waals surface area (Å²) in [5.74, 6) is 1.16. The highest BCUT2D eigenvalue weighted by Crippen LogP contribution is 2.30. The number of pyridine rings is 2. The third-order valence-electron chi connectivity index (χ3n) is 5.92. The van der Waals surface area contributed by atoms with E-state index in [2.05, 4.69) is 15.3 Å². The number of likely N-dealkylation sites (tertiary alicyclic amines) is 1. The van der Waals surface area contributed by atoms with E-state index in [1.54, 1.807) is 12.3 Å². The predicted octanol–water partition coefficient (Wildman–Crippen LogP) is 4.20. The highest BCUT2D eigenvalue weighted by Gasteiger charge is 2.31. The fraction of sp³-hybridized carbons (Fsp3) is 0.500. The number of carbonyl (C=O) groups is 1. The first kappa shape index (κ1) is 21.4. The van der Waals surface area contributed by atoms with Crippen molar-refractivity contribution in [2.75, 3.05) is 36.4 Å². The molecule has 0 spiro atoms. The fourth-order valence-corrected chi connectivity index (χ4v) is 4.15. The van der Waals surface area contributed by atoms with Crippen LogP contribution in [0.1, 0.15) is 48.0 Å². The number of aromatic nitrogens is 2. The van der Waals surface area contributed by atoms with E-state index in [1.165, 1.54) is 6.07 Å². The Hall–Kier alpha value is -2.84. The maximum absolute atomic E-state index is 12.9. The van der Waals surface area contributed by atoms with Gasteiger partial charge in [-0.05, 0) is 56.4 Å². The van der Waals surface area contributed by atoms with Crippen molar-refractivity contribution < 1.29 is 18.0 Å². The van der Waals surface area contributed by atoms with Crippen molar-refractivity contribution in [1.29, 1.82) is 0 Å². The van der Waals surface area contributed by atoms with E-state index in [0.717, 1.165) is 57.5 Å². The molecular weight excluding hydrogens is 407 g/mol. The van der Waals surface area contributed by atoms with Crippen LogP contribution in [0.25, 0.3) is 0 Å². The zero-order chi connectivity index (χ0) is 21.8. The predicted molar refractivity (Wildman–Crippen MR) is 112 cm³/mol. The second kappa shape index (κ2) is 9.11. The molecule has 2 saturated heterocycles. The number of nitrogens with one attached hydrogen (secondary N) is 1. The monoisotopic (exact) mass is 433 g/mol. The van der Waals surface area contributed by atoms with E-state index in [1.807, 2.05) is 15.9 Å². The molecular formula is C22H26F3N5O. The van der Waals surface area contributed by atoms with E-state index in [0.29, 0.717) is 30.3 Å². The number of anilines is 2. The molecule has 0 saturated carbocycles. The van der Waals surface area contributed by atoms with Crippen molar-refractivity contribution in [1.82, 2.24) is 14.9 Å². The zero-order valence-electron chi connectivity index (χ0n) is 17.2. The molecule has 0 aromatic carbocycles. The minimum atomic E-state index is -4.38. The van der Waals surface area contributed by atoms with Gasteiger partial charge in [0.25, 0.3) is 5.91 Å². The second-order valence-electron chi connectivity index (χ2n) is 8.06. The number of carbonyl (C=O) groups excluding carboxylic acids is 1. The third-order valence-corrected chi connectivity index (χ3v) is 5.92. The molecule has 0 unspecified atom stereocenters. The Morgan fingerprint density at radius 2 is 1.74 bits per heavy atom. The summed E-state index contributed by atoms with van der Waals surface area (Å²) in [4.78, 5) is 25.2. The minimum Gasteiger partial charge on any atom is -0.367 e. The second-order valence-corrected chi connectivity index (χ2v) is 8.06. The molecule has 0 atom stereocenters. The van der Waals surface area contributed by atoms with Gasteiger partial charge in [-0.25, -0.2) is 9.97 Å². The molecule has 0 bridgehead atoms. The van der Waals surface area contributed by atoms with Crippen LogP contribution < -0.4 is 10.2 Å². The van der Waals surface area contributed by atoms with Crippen LogP contribution in [0.15, 0.2) is 36.7 Å². The van der Waals surface area contributed by atoms with Crippen molar-refractivity contribution in [3.8, 4) is 0 Å². The normalized spacial score (nSPS) is 18.2. The fourth-order valence-electron chi connectivity index (χ4n) is 4.15. The number of amides is 1. The summed E-state index contributed by atoms with van der Waals surface area (Å²) in [6, 6.07) is 6.21. The molecule has 2 aliphatic heterocycles. The first-order chi connectivity index (χ1) is 14.9. The molecule has 4 rings (SSSR count). The van der Waals surface area contributed by atoms with Crippen molar-refractivity contribution in [3.05, 3.63) is 47.8 Å². The molecule has 9 heteroatoms. The number of hydrogen-bond acceptors (Lipinski definition) is 5. The Labute approximate surface area is 179 Å². The molecule has 2 aliphatic rings. The Morgan fingerprint density at radius 3 is 2.39 bits per heavy atom. The molecule has 6 nitrogen and oxygen atoms in total. The summed E-state index contributed by atoms with van der Waals surface area (Å²) in [5, 5.41) is 3.42. The summed E-state index contributed by atoms with van der Waals surface area (Å²) in [6.45, 7) is 2.90. The number of alkyl halides is 3. The number of nitrogens with zero attached hydrogens (tertiary/aromatic N) is 4. The summed E-state index contributed by atoms with van der Waals surface area (Å²) in [5.41, 5.74) is -0.148. The highest BCUT2D eigenvalue weighted by molar-refractivity contribution is 5.98. The molecule has 31 heavy (non-hydrogen) atoms. The van der Waals surface area contributed by atoms with E-state index in [4.69, 9.17) is 0 Å². The first-order valence-electron chi connectivity index (χ1n) is 10.7. The molecule has 1 N–H and O–H groups in total. The number of halogens is 3. The summed E-state index contributed by atoms with van der Waals surface area (Å²) < 4.78 is 38.2. The van der Waals surface area contributed by atoms with Gasteiger partial charge in [-0.2, -0.15) is 13.2 Å². The lowest BCUT2D eigenvalue weighted by molar-refractivity contribution is -0.137. The van der Waals surface area contributed by atoms with Crippen LogP contribution in [0, 0.1) is 0 Å². The highest BCUT2D eigenvalue weighted by atomic mass is 19.4. The number of hydrogen-bond donors (Lipinski definition) is 1. The molecule has 2 fully saturated rings. The van der Waals surface area contributed by atoms with Crippen LogP contribution >= 0.6 is 0 Å². The van der Waals surface area contributed by atoms with E-state index in [-0.39, 0.29) is 11.9 Å². The lowest BCUT2D eigenvalue weighted by Crippen LogP contribution is -2.40. The van der Waals surface area contributed by atoms with Gasteiger partial charge in [0.1, 0.15) is 11.6 Å². The van der Waals surface area contributed by atoms with Crippen LogP contribution in [0.3, 0.4) is 0 Å². The van der Waals surface area contributed by atoms with Crippen LogP contribution in [0.5, 0.6) is 0 Å². The standard InChI is InChI=1S/C22H26F3N5O/c23-22(24,25)16-6-7-19(27-15-16)29-13-8-17(9-14-29)28-20-18(5-4-10-26-20)21(31)30-11-2-1-3-12-30/h4-7,10,15,17H,1-3,8-9,11-14H2,(H,26,28). The van der Waals surface area contributed by atoms with Crippen LogP contribution in [-0.2, 0) is 6.18 Å². The Kier molecular flexibility index (Phi) is 6.29. The number of piperidine rings is 2. The Balaban J connectivity index is 1.37. The molecule has 2 aromatic rings. The van der Waals surface area contributed by atoms with Gasteiger partial charge in [0.2, 0.25) is 0 Å². The molecule has 1 amide bonds.